The largest absolute Gasteiger partial charge is 0.336 e. The summed E-state index contributed by atoms with van der Waals surface area (Å²) in [5, 5.41) is 0. The first kappa shape index (κ1) is 20.8. The second kappa shape index (κ2) is 8.94. The molecular weight excluding hydrogens is 352 g/mol. The number of hydrogen-bond donors (Lipinski definition) is 0. The van der Waals surface area contributed by atoms with Crippen molar-refractivity contribution in [3.8, 4) is 0 Å². The van der Waals surface area contributed by atoms with Crippen molar-refractivity contribution in [2.24, 2.45) is 0 Å². The maximum Gasteiger partial charge on any atom is 0.253 e. The second-order valence-electron chi connectivity index (χ2n) is 7.10. The van der Waals surface area contributed by atoms with Gasteiger partial charge in [0.05, 0.1) is 4.90 Å². The summed E-state index contributed by atoms with van der Waals surface area (Å²) in [6, 6.07) is 6.20. The lowest BCUT2D eigenvalue weighted by Gasteiger charge is -2.35. The van der Waals surface area contributed by atoms with Crippen LogP contribution in [-0.4, -0.2) is 101 Å². The Morgan fingerprint density at radius 1 is 1.00 bits per heavy atom. The molecule has 0 radical (unpaired) electrons. The molecule has 0 N–H and O–H groups in total. The normalized spacial score (nSPS) is 16.5. The first-order valence-corrected chi connectivity index (χ1v) is 10.3. The molecule has 1 aromatic carbocycles. The Morgan fingerprint density at radius 3 is 2.08 bits per heavy atom. The fourth-order valence-corrected chi connectivity index (χ4v) is 3.85. The van der Waals surface area contributed by atoms with Crippen LogP contribution in [-0.2, 0) is 10.0 Å². The van der Waals surface area contributed by atoms with Crippen LogP contribution in [0, 0.1) is 0 Å². The number of rotatable bonds is 7. The molecule has 0 unspecified atom stereocenters. The molecule has 0 spiro atoms. The zero-order valence-corrected chi connectivity index (χ0v) is 17.0. The third kappa shape index (κ3) is 5.26. The van der Waals surface area contributed by atoms with E-state index < -0.39 is 10.0 Å². The van der Waals surface area contributed by atoms with Crippen molar-refractivity contribution in [1.29, 1.82) is 0 Å². The fourth-order valence-electron chi connectivity index (χ4n) is 2.95. The van der Waals surface area contributed by atoms with Gasteiger partial charge in [0.25, 0.3) is 5.91 Å². The van der Waals surface area contributed by atoms with E-state index in [1.807, 2.05) is 4.90 Å². The summed E-state index contributed by atoms with van der Waals surface area (Å²) in [5.74, 6) is -0.0354. The Hall–Kier alpha value is -1.48. The van der Waals surface area contributed by atoms with E-state index in [-0.39, 0.29) is 10.8 Å². The van der Waals surface area contributed by atoms with Gasteiger partial charge in [-0.1, -0.05) is 0 Å². The van der Waals surface area contributed by atoms with Crippen LogP contribution in [0.2, 0.25) is 0 Å². The summed E-state index contributed by atoms with van der Waals surface area (Å²) in [7, 11) is 3.67. The Balaban J connectivity index is 1.90. The van der Waals surface area contributed by atoms with E-state index in [1.54, 1.807) is 12.1 Å². The third-order valence-electron chi connectivity index (χ3n) is 4.62. The average molecular weight is 383 g/mol. The van der Waals surface area contributed by atoms with Crippen LogP contribution in [0.25, 0.3) is 0 Å². The molecule has 146 valence electrons. The highest BCUT2D eigenvalue weighted by atomic mass is 32.2. The molecule has 0 atom stereocenters. The van der Waals surface area contributed by atoms with Crippen molar-refractivity contribution < 1.29 is 13.2 Å². The molecule has 1 aromatic rings. The number of nitrogens with zero attached hydrogens (tertiary/aromatic N) is 4. The van der Waals surface area contributed by atoms with Crippen molar-refractivity contribution in [3.05, 3.63) is 29.8 Å². The van der Waals surface area contributed by atoms with E-state index in [0.717, 1.165) is 32.6 Å². The van der Waals surface area contributed by atoms with Crippen molar-refractivity contribution in [3.63, 3.8) is 0 Å². The van der Waals surface area contributed by atoms with Crippen molar-refractivity contribution in [2.45, 2.75) is 11.3 Å². The van der Waals surface area contributed by atoms with Crippen molar-refractivity contribution >= 4 is 15.9 Å². The highest BCUT2D eigenvalue weighted by Gasteiger charge is 2.23. The Kier molecular flexibility index (Phi) is 7.16. The summed E-state index contributed by atoms with van der Waals surface area (Å²) in [6.07, 6.45) is 1.13. The summed E-state index contributed by atoms with van der Waals surface area (Å²) in [5.41, 5.74) is 0.531. The molecule has 1 aliphatic rings. The van der Waals surface area contributed by atoms with Crippen LogP contribution >= 0.6 is 0 Å². The van der Waals surface area contributed by atoms with Crippen LogP contribution in [0.3, 0.4) is 0 Å². The molecule has 1 aliphatic heterocycles. The molecule has 2 rings (SSSR count). The summed E-state index contributed by atoms with van der Waals surface area (Å²) in [4.78, 5) is 19.3. The summed E-state index contributed by atoms with van der Waals surface area (Å²) in [6.45, 7) is 5.30. The van der Waals surface area contributed by atoms with E-state index in [4.69, 9.17) is 0 Å². The number of piperazine rings is 1. The standard InChI is InChI=1S/C18H30N4O3S/c1-19(2)10-5-11-21-12-14-22(15-13-21)18(23)16-6-8-17(9-7-16)26(24,25)20(3)4/h6-9H,5,10-15H2,1-4H3. The minimum Gasteiger partial charge on any atom is -0.336 e. The first-order chi connectivity index (χ1) is 12.2. The highest BCUT2D eigenvalue weighted by molar-refractivity contribution is 7.89. The summed E-state index contributed by atoms with van der Waals surface area (Å²) >= 11 is 0. The monoisotopic (exact) mass is 382 g/mol. The van der Waals surface area contributed by atoms with Crippen LogP contribution in [0.4, 0.5) is 0 Å². The van der Waals surface area contributed by atoms with Gasteiger partial charge in [0.15, 0.2) is 0 Å². The van der Waals surface area contributed by atoms with Gasteiger partial charge >= 0.3 is 0 Å². The first-order valence-electron chi connectivity index (χ1n) is 8.91. The summed E-state index contributed by atoms with van der Waals surface area (Å²) < 4.78 is 25.4. The molecule has 8 heteroatoms. The molecule has 0 saturated carbocycles. The molecular formula is C18H30N4O3S. The number of benzene rings is 1. The zero-order chi connectivity index (χ0) is 19.3. The minimum atomic E-state index is -3.47. The van der Waals surface area contributed by atoms with Gasteiger partial charge in [-0.25, -0.2) is 12.7 Å². The smallest absolute Gasteiger partial charge is 0.253 e. The number of sulfonamides is 1. The topological polar surface area (TPSA) is 64.2 Å². The van der Waals surface area contributed by atoms with Gasteiger partial charge in [0.2, 0.25) is 10.0 Å². The lowest BCUT2D eigenvalue weighted by molar-refractivity contribution is 0.0633. The van der Waals surface area contributed by atoms with Crippen LogP contribution < -0.4 is 0 Å². The quantitative estimate of drug-likeness (QED) is 0.693. The van der Waals surface area contributed by atoms with Gasteiger partial charge < -0.3 is 9.80 Å². The molecule has 0 aromatic heterocycles. The van der Waals surface area contributed by atoms with E-state index in [1.165, 1.54) is 30.5 Å². The van der Waals surface area contributed by atoms with Crippen LogP contribution in [0.1, 0.15) is 16.8 Å². The molecule has 0 aliphatic carbocycles. The van der Waals surface area contributed by atoms with Crippen molar-refractivity contribution in [2.75, 3.05) is 67.5 Å². The zero-order valence-electron chi connectivity index (χ0n) is 16.2. The minimum absolute atomic E-state index is 0.0354. The van der Waals surface area contributed by atoms with Gasteiger partial charge in [-0.05, 0) is 57.9 Å². The molecule has 1 amide bonds. The van der Waals surface area contributed by atoms with E-state index in [9.17, 15) is 13.2 Å². The van der Waals surface area contributed by atoms with Crippen LogP contribution in [0.5, 0.6) is 0 Å². The maximum absolute atomic E-state index is 12.6. The Bertz CT molecular complexity index is 694. The Morgan fingerprint density at radius 2 is 1.58 bits per heavy atom. The molecule has 0 bridgehead atoms. The van der Waals surface area contributed by atoms with Crippen molar-refractivity contribution in [1.82, 2.24) is 19.0 Å². The lowest BCUT2D eigenvalue weighted by Crippen LogP contribution is -2.49. The predicted molar refractivity (Wildman–Crippen MR) is 103 cm³/mol. The van der Waals surface area contributed by atoms with Gasteiger partial charge in [-0.3, -0.25) is 9.69 Å². The fraction of sp³-hybridized carbons (Fsp3) is 0.611. The number of amides is 1. The van der Waals surface area contributed by atoms with Gasteiger partial charge in [-0.2, -0.15) is 0 Å². The third-order valence-corrected chi connectivity index (χ3v) is 6.45. The van der Waals surface area contributed by atoms with Gasteiger partial charge in [0.1, 0.15) is 0 Å². The molecule has 7 nitrogen and oxygen atoms in total. The Labute approximate surface area is 157 Å². The predicted octanol–water partition coefficient (Wildman–Crippen LogP) is 0.646. The van der Waals surface area contributed by atoms with E-state index >= 15 is 0 Å². The number of hydrogen-bond acceptors (Lipinski definition) is 5. The van der Waals surface area contributed by atoms with Gasteiger partial charge in [-0.15, -0.1) is 0 Å². The second-order valence-corrected chi connectivity index (χ2v) is 9.25. The lowest BCUT2D eigenvalue weighted by atomic mass is 10.2. The van der Waals surface area contributed by atoms with Gasteiger partial charge in [0, 0.05) is 45.8 Å². The SMILES string of the molecule is CN(C)CCCN1CCN(C(=O)c2ccc(S(=O)(=O)N(C)C)cc2)CC1. The maximum atomic E-state index is 12.6. The van der Waals surface area contributed by atoms with E-state index in [2.05, 4.69) is 23.9 Å². The highest BCUT2D eigenvalue weighted by Crippen LogP contribution is 2.16. The number of carbonyl (C=O) groups excluding carboxylic acids is 1. The number of carbonyl (C=O) groups is 1. The molecule has 1 saturated heterocycles. The molecule has 1 heterocycles. The average Bonchev–Trinajstić information content (AvgIpc) is 2.61. The van der Waals surface area contributed by atoms with E-state index in [0.29, 0.717) is 18.7 Å². The molecule has 1 fully saturated rings. The molecule has 26 heavy (non-hydrogen) atoms. The van der Waals surface area contributed by atoms with Crippen LogP contribution in [0.15, 0.2) is 29.2 Å².